The van der Waals surface area contributed by atoms with E-state index in [2.05, 4.69) is 44.8 Å². The van der Waals surface area contributed by atoms with Gasteiger partial charge in [0, 0.05) is 19.1 Å². The number of nitrogens with zero attached hydrogens (tertiary/aromatic N) is 1. The van der Waals surface area contributed by atoms with Gasteiger partial charge in [0.1, 0.15) is 0 Å². The lowest BCUT2D eigenvalue weighted by atomic mass is 9.99. The maximum Gasteiger partial charge on any atom is 0.227 e. The highest BCUT2D eigenvalue weighted by Crippen LogP contribution is 2.19. The topological polar surface area (TPSA) is 32.3 Å². The molecule has 0 radical (unpaired) electrons. The van der Waals surface area contributed by atoms with E-state index in [4.69, 9.17) is 0 Å². The van der Waals surface area contributed by atoms with Crippen molar-refractivity contribution in [2.75, 3.05) is 19.6 Å². The summed E-state index contributed by atoms with van der Waals surface area (Å²) in [5, 5.41) is 3.36. The van der Waals surface area contributed by atoms with Gasteiger partial charge in [-0.25, -0.2) is 0 Å². The maximum absolute atomic E-state index is 12.5. The minimum Gasteiger partial charge on any atom is -0.342 e. The van der Waals surface area contributed by atoms with Gasteiger partial charge in [-0.1, -0.05) is 27.7 Å². The molecule has 0 spiro atoms. The van der Waals surface area contributed by atoms with Crippen LogP contribution in [-0.2, 0) is 4.79 Å². The second kappa shape index (κ2) is 6.39. The van der Waals surface area contributed by atoms with Gasteiger partial charge in [-0.05, 0) is 31.7 Å². The first kappa shape index (κ1) is 14.5. The Morgan fingerprint density at radius 2 is 1.76 bits per heavy atom. The van der Waals surface area contributed by atoms with E-state index in [-0.39, 0.29) is 5.92 Å². The molecule has 0 bridgehead atoms. The number of carbonyl (C=O) groups excluding carboxylic acids is 1. The number of carbonyl (C=O) groups is 1. The number of hydrogen-bond acceptors (Lipinski definition) is 2. The molecule has 1 rings (SSSR count). The summed E-state index contributed by atoms with van der Waals surface area (Å²) in [6, 6.07) is 0.337. The molecule has 1 heterocycles. The van der Waals surface area contributed by atoms with Gasteiger partial charge in [-0.3, -0.25) is 4.79 Å². The number of amides is 1. The van der Waals surface area contributed by atoms with Crippen LogP contribution in [0.1, 0.15) is 41.0 Å². The van der Waals surface area contributed by atoms with Crippen LogP contribution in [0.4, 0.5) is 0 Å². The molecule has 0 aromatic carbocycles. The Balaban J connectivity index is 2.64. The first-order valence-electron chi connectivity index (χ1n) is 6.94. The fraction of sp³-hybridized carbons (Fsp3) is 0.929. The molecule has 0 saturated carbocycles. The molecule has 100 valence electrons. The van der Waals surface area contributed by atoms with Gasteiger partial charge in [0.2, 0.25) is 5.91 Å². The predicted octanol–water partition coefficient (Wildman–Crippen LogP) is 2.12. The van der Waals surface area contributed by atoms with Gasteiger partial charge in [0.05, 0.1) is 5.92 Å². The highest BCUT2D eigenvalue weighted by Gasteiger charge is 2.32. The molecule has 1 saturated heterocycles. The second-order valence-electron chi connectivity index (χ2n) is 6.17. The third kappa shape index (κ3) is 4.30. The zero-order valence-electron chi connectivity index (χ0n) is 12.0. The van der Waals surface area contributed by atoms with Crippen molar-refractivity contribution >= 4 is 5.91 Å². The van der Waals surface area contributed by atoms with E-state index in [1.165, 1.54) is 0 Å². The highest BCUT2D eigenvalue weighted by molar-refractivity contribution is 5.80. The van der Waals surface area contributed by atoms with Crippen molar-refractivity contribution in [3.05, 3.63) is 0 Å². The fourth-order valence-electron chi connectivity index (χ4n) is 2.57. The summed E-state index contributed by atoms with van der Waals surface area (Å²) in [4.78, 5) is 14.6. The van der Waals surface area contributed by atoms with Crippen molar-refractivity contribution in [3.63, 3.8) is 0 Å². The van der Waals surface area contributed by atoms with Crippen LogP contribution in [0.25, 0.3) is 0 Å². The van der Waals surface area contributed by atoms with Crippen molar-refractivity contribution in [1.29, 1.82) is 0 Å². The van der Waals surface area contributed by atoms with E-state index < -0.39 is 0 Å². The first-order valence-corrected chi connectivity index (χ1v) is 6.94. The predicted molar refractivity (Wildman–Crippen MR) is 71.8 cm³/mol. The molecule has 3 heteroatoms. The lowest BCUT2D eigenvalue weighted by molar-refractivity contribution is -0.136. The smallest absolute Gasteiger partial charge is 0.227 e. The van der Waals surface area contributed by atoms with Gasteiger partial charge in [0.15, 0.2) is 0 Å². The van der Waals surface area contributed by atoms with E-state index in [1.807, 2.05) is 0 Å². The third-order valence-corrected chi connectivity index (χ3v) is 3.33. The van der Waals surface area contributed by atoms with E-state index in [9.17, 15) is 4.79 Å². The van der Waals surface area contributed by atoms with Gasteiger partial charge in [-0.15, -0.1) is 0 Å². The Kier molecular flexibility index (Phi) is 5.44. The lowest BCUT2D eigenvalue weighted by Crippen LogP contribution is -2.43. The van der Waals surface area contributed by atoms with Crippen LogP contribution in [0.15, 0.2) is 0 Å². The summed E-state index contributed by atoms with van der Waals surface area (Å²) in [6.45, 7) is 13.6. The zero-order valence-corrected chi connectivity index (χ0v) is 12.0. The first-order chi connectivity index (χ1) is 7.91. The van der Waals surface area contributed by atoms with E-state index in [0.29, 0.717) is 23.8 Å². The molecular formula is C14H28N2O. The largest absolute Gasteiger partial charge is 0.342 e. The van der Waals surface area contributed by atoms with Crippen molar-refractivity contribution in [2.45, 2.75) is 47.1 Å². The fourth-order valence-corrected chi connectivity index (χ4v) is 2.57. The Morgan fingerprint density at radius 1 is 1.24 bits per heavy atom. The third-order valence-electron chi connectivity index (χ3n) is 3.33. The van der Waals surface area contributed by atoms with Crippen molar-refractivity contribution < 1.29 is 4.79 Å². The minimum absolute atomic E-state index is 0.187. The van der Waals surface area contributed by atoms with Crippen molar-refractivity contribution in [1.82, 2.24) is 10.2 Å². The maximum atomic E-state index is 12.5. The summed E-state index contributed by atoms with van der Waals surface area (Å²) in [6.07, 6.45) is 0.993. The highest BCUT2D eigenvalue weighted by atomic mass is 16.2. The van der Waals surface area contributed by atoms with Crippen LogP contribution in [0, 0.1) is 17.8 Å². The summed E-state index contributed by atoms with van der Waals surface area (Å²) >= 11 is 0. The quantitative estimate of drug-likeness (QED) is 0.798. The second-order valence-corrected chi connectivity index (χ2v) is 6.17. The monoisotopic (exact) mass is 240 g/mol. The molecule has 0 aromatic heterocycles. The summed E-state index contributed by atoms with van der Waals surface area (Å²) in [7, 11) is 0. The van der Waals surface area contributed by atoms with Crippen LogP contribution in [-0.4, -0.2) is 36.5 Å². The van der Waals surface area contributed by atoms with Gasteiger partial charge >= 0.3 is 0 Å². The molecule has 2 unspecified atom stereocenters. The van der Waals surface area contributed by atoms with Gasteiger partial charge in [-0.2, -0.15) is 0 Å². The molecular weight excluding hydrogens is 212 g/mol. The zero-order chi connectivity index (χ0) is 13.0. The van der Waals surface area contributed by atoms with E-state index in [0.717, 1.165) is 26.1 Å². The van der Waals surface area contributed by atoms with Crippen molar-refractivity contribution in [3.8, 4) is 0 Å². The van der Waals surface area contributed by atoms with Crippen LogP contribution < -0.4 is 5.32 Å². The van der Waals surface area contributed by atoms with Gasteiger partial charge in [0.25, 0.3) is 0 Å². The average molecular weight is 240 g/mol. The summed E-state index contributed by atoms with van der Waals surface area (Å²) < 4.78 is 0. The van der Waals surface area contributed by atoms with Crippen LogP contribution in [0.2, 0.25) is 0 Å². The Morgan fingerprint density at radius 3 is 2.12 bits per heavy atom. The van der Waals surface area contributed by atoms with Crippen molar-refractivity contribution in [2.24, 2.45) is 17.8 Å². The molecule has 0 aromatic rings. The van der Waals surface area contributed by atoms with Crippen LogP contribution in [0.5, 0.6) is 0 Å². The SMILES string of the molecule is CC(C)CN(CC(C)C)C(=O)C1CCNC1C. The Labute approximate surface area is 106 Å². The molecule has 1 N–H and O–H groups in total. The Bertz CT molecular complexity index is 241. The van der Waals surface area contributed by atoms with E-state index in [1.54, 1.807) is 0 Å². The van der Waals surface area contributed by atoms with E-state index >= 15 is 0 Å². The summed E-state index contributed by atoms with van der Waals surface area (Å²) in [5.41, 5.74) is 0. The molecule has 17 heavy (non-hydrogen) atoms. The Hall–Kier alpha value is -0.570. The number of nitrogens with one attached hydrogen (secondary N) is 1. The van der Waals surface area contributed by atoms with Crippen LogP contribution in [0.3, 0.4) is 0 Å². The van der Waals surface area contributed by atoms with Crippen LogP contribution >= 0.6 is 0 Å². The minimum atomic E-state index is 0.187. The molecule has 3 nitrogen and oxygen atoms in total. The molecule has 1 aliphatic heterocycles. The number of hydrogen-bond donors (Lipinski definition) is 1. The lowest BCUT2D eigenvalue weighted by Gasteiger charge is -2.30. The molecule has 0 aliphatic carbocycles. The average Bonchev–Trinajstić information content (AvgIpc) is 2.61. The summed E-state index contributed by atoms with van der Waals surface area (Å²) in [5.74, 6) is 1.63. The molecule has 1 aliphatic rings. The molecule has 2 atom stereocenters. The molecule has 1 amide bonds. The standard InChI is InChI=1S/C14H28N2O/c1-10(2)8-16(9-11(3)4)14(17)13-6-7-15-12(13)5/h10-13,15H,6-9H2,1-5H3. The normalized spacial score (nSPS) is 24.6. The molecule has 1 fully saturated rings. The number of rotatable bonds is 5. The van der Waals surface area contributed by atoms with Gasteiger partial charge < -0.3 is 10.2 Å².